The maximum absolute atomic E-state index is 12.2. The van der Waals surface area contributed by atoms with Crippen molar-refractivity contribution in [1.29, 1.82) is 0 Å². The van der Waals surface area contributed by atoms with Gasteiger partial charge in [0.05, 0.1) is 7.11 Å². The van der Waals surface area contributed by atoms with Crippen LogP contribution in [0.3, 0.4) is 0 Å². The van der Waals surface area contributed by atoms with E-state index in [9.17, 15) is 4.79 Å². The third-order valence-corrected chi connectivity index (χ3v) is 4.77. The first-order valence-electron chi connectivity index (χ1n) is 8.28. The first kappa shape index (κ1) is 15.6. The smallest absolute Gasteiger partial charge is 0.319 e. The third-order valence-electron chi connectivity index (χ3n) is 4.77. The number of urea groups is 1. The molecule has 1 aliphatic carbocycles. The number of carbonyl (C=O) groups excluding carboxylic acids is 1. The van der Waals surface area contributed by atoms with Crippen molar-refractivity contribution in [2.24, 2.45) is 0 Å². The first-order chi connectivity index (χ1) is 12.2. The molecule has 4 rings (SSSR count). The number of anilines is 1. The average molecular weight is 340 g/mol. The molecule has 0 unspecified atom stereocenters. The molecule has 0 saturated heterocycles. The van der Waals surface area contributed by atoms with E-state index in [1.165, 1.54) is 5.56 Å². The monoisotopic (exact) mass is 340 g/mol. The summed E-state index contributed by atoms with van der Waals surface area (Å²) >= 11 is 0. The standard InChI is InChI=1S/C19H20N2O4/c1-23-15-5-2-13(3-6-15)19(8-9-19)11-20-18(22)21-14-4-7-16-17(10-14)25-12-24-16/h2-7,10H,8-9,11-12H2,1H3,(H2,20,21,22). The van der Waals surface area contributed by atoms with E-state index in [0.717, 1.165) is 18.6 Å². The Bertz CT molecular complexity index is 785. The Hall–Kier alpha value is -2.89. The van der Waals surface area contributed by atoms with Gasteiger partial charge in [0.1, 0.15) is 5.75 Å². The van der Waals surface area contributed by atoms with E-state index in [0.29, 0.717) is 23.7 Å². The second-order valence-corrected chi connectivity index (χ2v) is 6.38. The molecule has 2 N–H and O–H groups in total. The molecular formula is C19H20N2O4. The fourth-order valence-electron chi connectivity index (χ4n) is 3.06. The number of hydrogen-bond donors (Lipinski definition) is 2. The first-order valence-corrected chi connectivity index (χ1v) is 8.28. The van der Waals surface area contributed by atoms with Crippen LogP contribution in [0.5, 0.6) is 17.2 Å². The van der Waals surface area contributed by atoms with Gasteiger partial charge in [0.2, 0.25) is 6.79 Å². The third kappa shape index (κ3) is 3.20. The number of benzene rings is 2. The van der Waals surface area contributed by atoms with E-state index in [1.54, 1.807) is 25.3 Å². The van der Waals surface area contributed by atoms with Crippen LogP contribution in [0.25, 0.3) is 0 Å². The highest BCUT2D eigenvalue weighted by Gasteiger charge is 2.44. The molecule has 25 heavy (non-hydrogen) atoms. The highest BCUT2D eigenvalue weighted by atomic mass is 16.7. The van der Waals surface area contributed by atoms with Crippen LogP contribution in [0.15, 0.2) is 42.5 Å². The summed E-state index contributed by atoms with van der Waals surface area (Å²) in [4.78, 5) is 12.2. The van der Waals surface area contributed by atoms with Crippen LogP contribution in [0, 0.1) is 0 Å². The van der Waals surface area contributed by atoms with Gasteiger partial charge in [-0.3, -0.25) is 0 Å². The van der Waals surface area contributed by atoms with Crippen LogP contribution in [-0.2, 0) is 5.41 Å². The summed E-state index contributed by atoms with van der Waals surface area (Å²) in [5.41, 5.74) is 1.95. The fraction of sp³-hybridized carbons (Fsp3) is 0.316. The summed E-state index contributed by atoms with van der Waals surface area (Å²) in [5, 5.41) is 5.81. The van der Waals surface area contributed by atoms with E-state index in [4.69, 9.17) is 14.2 Å². The molecule has 1 saturated carbocycles. The van der Waals surface area contributed by atoms with Crippen molar-refractivity contribution < 1.29 is 19.0 Å². The minimum Gasteiger partial charge on any atom is -0.497 e. The van der Waals surface area contributed by atoms with Crippen molar-refractivity contribution >= 4 is 11.7 Å². The minimum atomic E-state index is -0.223. The van der Waals surface area contributed by atoms with Crippen LogP contribution >= 0.6 is 0 Å². The molecule has 1 fully saturated rings. The molecule has 0 atom stereocenters. The highest BCUT2D eigenvalue weighted by Crippen LogP contribution is 2.47. The van der Waals surface area contributed by atoms with Crippen molar-refractivity contribution in [2.45, 2.75) is 18.3 Å². The second kappa shape index (κ2) is 6.20. The zero-order valence-corrected chi connectivity index (χ0v) is 14.0. The molecule has 0 radical (unpaired) electrons. The van der Waals surface area contributed by atoms with E-state index in [-0.39, 0.29) is 18.2 Å². The van der Waals surface area contributed by atoms with E-state index in [2.05, 4.69) is 22.8 Å². The lowest BCUT2D eigenvalue weighted by Gasteiger charge is -2.17. The van der Waals surface area contributed by atoms with Gasteiger partial charge in [0.15, 0.2) is 11.5 Å². The largest absolute Gasteiger partial charge is 0.497 e. The Balaban J connectivity index is 1.35. The molecule has 6 nitrogen and oxygen atoms in total. The zero-order valence-electron chi connectivity index (χ0n) is 14.0. The summed E-state index contributed by atoms with van der Waals surface area (Å²) in [7, 11) is 1.66. The van der Waals surface area contributed by atoms with Crippen LogP contribution in [0.4, 0.5) is 10.5 Å². The number of carbonyl (C=O) groups is 1. The molecule has 2 aromatic rings. The Morgan fingerprint density at radius 3 is 2.60 bits per heavy atom. The van der Waals surface area contributed by atoms with Crippen molar-refractivity contribution in [3.8, 4) is 17.2 Å². The minimum absolute atomic E-state index is 0.0402. The Kier molecular flexibility index (Phi) is 3.87. The van der Waals surface area contributed by atoms with Gasteiger partial charge in [-0.15, -0.1) is 0 Å². The number of fused-ring (bicyclic) bond motifs is 1. The quantitative estimate of drug-likeness (QED) is 0.876. The molecule has 2 aliphatic rings. The van der Waals surface area contributed by atoms with E-state index >= 15 is 0 Å². The number of ether oxygens (including phenoxy) is 3. The van der Waals surface area contributed by atoms with Crippen LogP contribution in [0.1, 0.15) is 18.4 Å². The van der Waals surface area contributed by atoms with Gasteiger partial charge < -0.3 is 24.8 Å². The number of methoxy groups -OCH3 is 1. The lowest BCUT2D eigenvalue weighted by atomic mass is 9.96. The van der Waals surface area contributed by atoms with Gasteiger partial charge in [-0.1, -0.05) is 12.1 Å². The molecular weight excluding hydrogens is 320 g/mol. The number of amides is 2. The normalized spacial score (nSPS) is 16.2. The highest BCUT2D eigenvalue weighted by molar-refractivity contribution is 5.89. The van der Waals surface area contributed by atoms with E-state index in [1.807, 2.05) is 12.1 Å². The maximum atomic E-state index is 12.2. The zero-order chi connectivity index (χ0) is 17.3. The number of rotatable bonds is 5. The predicted octanol–water partition coefficient (Wildman–Crippen LogP) is 3.28. The predicted molar refractivity (Wildman–Crippen MR) is 93.5 cm³/mol. The van der Waals surface area contributed by atoms with Gasteiger partial charge in [-0.05, 0) is 42.7 Å². The molecule has 6 heteroatoms. The topological polar surface area (TPSA) is 68.8 Å². The van der Waals surface area contributed by atoms with E-state index < -0.39 is 0 Å². The summed E-state index contributed by atoms with van der Waals surface area (Å²) in [6, 6.07) is 13.2. The van der Waals surface area contributed by atoms with Crippen LogP contribution in [0.2, 0.25) is 0 Å². The SMILES string of the molecule is COc1ccc(C2(CNC(=O)Nc3ccc4c(c3)OCO4)CC2)cc1. The average Bonchev–Trinajstić information content (AvgIpc) is 3.29. The summed E-state index contributed by atoms with van der Waals surface area (Å²) < 4.78 is 15.8. The van der Waals surface area contributed by atoms with Gasteiger partial charge in [-0.25, -0.2) is 4.79 Å². The van der Waals surface area contributed by atoms with Gasteiger partial charge in [-0.2, -0.15) is 0 Å². The molecule has 0 bridgehead atoms. The molecule has 2 amide bonds. The van der Waals surface area contributed by atoms with Crippen molar-refractivity contribution in [3.63, 3.8) is 0 Å². The van der Waals surface area contributed by atoms with Gasteiger partial charge in [0.25, 0.3) is 0 Å². The molecule has 1 heterocycles. The Morgan fingerprint density at radius 2 is 1.88 bits per heavy atom. The molecule has 2 aromatic carbocycles. The Morgan fingerprint density at radius 1 is 1.12 bits per heavy atom. The maximum Gasteiger partial charge on any atom is 0.319 e. The molecule has 130 valence electrons. The molecule has 0 aromatic heterocycles. The summed E-state index contributed by atoms with van der Waals surface area (Å²) in [6.07, 6.45) is 2.15. The lowest BCUT2D eigenvalue weighted by Crippen LogP contribution is -2.35. The van der Waals surface area contributed by atoms with Crippen molar-refractivity contribution in [1.82, 2.24) is 5.32 Å². The second-order valence-electron chi connectivity index (χ2n) is 6.38. The summed E-state index contributed by atoms with van der Waals surface area (Å²) in [6.45, 7) is 0.824. The van der Waals surface area contributed by atoms with Crippen molar-refractivity contribution in [3.05, 3.63) is 48.0 Å². The Labute approximate surface area is 146 Å². The van der Waals surface area contributed by atoms with Gasteiger partial charge >= 0.3 is 6.03 Å². The van der Waals surface area contributed by atoms with Crippen LogP contribution in [-0.4, -0.2) is 26.5 Å². The number of nitrogens with one attached hydrogen (secondary N) is 2. The van der Waals surface area contributed by atoms with Crippen molar-refractivity contribution in [2.75, 3.05) is 25.8 Å². The molecule has 1 aliphatic heterocycles. The summed E-state index contributed by atoms with van der Waals surface area (Å²) in [5.74, 6) is 2.19. The molecule has 0 spiro atoms. The number of hydrogen-bond acceptors (Lipinski definition) is 4. The van der Waals surface area contributed by atoms with Crippen LogP contribution < -0.4 is 24.8 Å². The fourth-order valence-corrected chi connectivity index (χ4v) is 3.06. The lowest BCUT2D eigenvalue weighted by molar-refractivity contribution is 0.174. The van der Waals surface area contributed by atoms with Gasteiger partial charge in [0, 0.05) is 23.7 Å².